The second kappa shape index (κ2) is 9.14. The molecule has 0 aromatic carbocycles. The van der Waals surface area contributed by atoms with Crippen LogP contribution in [0.25, 0.3) is 0 Å². The fraction of sp³-hybridized carbons (Fsp3) is 0.857. The molecule has 0 spiro atoms. The Hall–Kier alpha value is -1.26. The Morgan fingerprint density at radius 1 is 1.04 bits per heavy atom. The third-order valence-corrected chi connectivity index (χ3v) is 3.52. The highest BCUT2D eigenvalue weighted by molar-refractivity contribution is 5.66. The van der Waals surface area contributed by atoms with Crippen molar-refractivity contribution in [3.05, 3.63) is 0 Å². The van der Waals surface area contributed by atoms with Gasteiger partial charge in [0.25, 0.3) is 0 Å². The molecular formula is C14H24O9. The number of rotatable bonds is 7. The summed E-state index contributed by atoms with van der Waals surface area (Å²) in [4.78, 5) is 22.3. The van der Waals surface area contributed by atoms with Gasteiger partial charge >= 0.3 is 11.9 Å². The number of carbonyl (C=O) groups excluding carboxylic acids is 2. The Kier molecular flexibility index (Phi) is 7.86. The molecule has 9 heteroatoms. The van der Waals surface area contributed by atoms with Crippen LogP contribution >= 0.6 is 0 Å². The largest absolute Gasteiger partial charge is 0.463 e. The van der Waals surface area contributed by atoms with E-state index in [1.54, 1.807) is 0 Å². The number of methoxy groups -OCH3 is 3. The first-order valence-corrected chi connectivity index (χ1v) is 7.08. The molecular weight excluding hydrogens is 312 g/mol. The summed E-state index contributed by atoms with van der Waals surface area (Å²) < 4.78 is 31.4. The SMILES string of the molecule is CO[C@H]1[C@H](OC(C)=O)[C@H](OC)[C@H](O)O[C@@H]1[C@H](COC(C)=O)OC. The molecule has 23 heavy (non-hydrogen) atoms. The van der Waals surface area contributed by atoms with Crippen molar-refractivity contribution in [1.29, 1.82) is 0 Å². The maximum absolute atomic E-state index is 11.3. The topological polar surface area (TPSA) is 110 Å². The molecule has 1 saturated heterocycles. The van der Waals surface area contributed by atoms with Gasteiger partial charge in [0.15, 0.2) is 12.4 Å². The van der Waals surface area contributed by atoms with Gasteiger partial charge in [-0.05, 0) is 0 Å². The van der Waals surface area contributed by atoms with Crippen LogP contribution in [0.5, 0.6) is 0 Å². The molecule has 1 N–H and O–H groups in total. The number of aliphatic hydroxyl groups excluding tert-OH is 1. The van der Waals surface area contributed by atoms with Gasteiger partial charge in [-0.2, -0.15) is 0 Å². The van der Waals surface area contributed by atoms with Crippen LogP contribution in [0.15, 0.2) is 0 Å². The van der Waals surface area contributed by atoms with Crippen molar-refractivity contribution >= 4 is 11.9 Å². The summed E-state index contributed by atoms with van der Waals surface area (Å²) in [6, 6.07) is 0. The number of hydrogen-bond acceptors (Lipinski definition) is 9. The Balaban J connectivity index is 3.00. The van der Waals surface area contributed by atoms with Gasteiger partial charge in [-0.1, -0.05) is 0 Å². The van der Waals surface area contributed by atoms with Crippen LogP contribution < -0.4 is 0 Å². The number of esters is 2. The number of carbonyl (C=O) groups is 2. The van der Waals surface area contributed by atoms with Crippen LogP contribution in [0.1, 0.15) is 13.8 Å². The van der Waals surface area contributed by atoms with Gasteiger partial charge in [0.1, 0.15) is 31.0 Å². The second-order valence-electron chi connectivity index (χ2n) is 5.04. The lowest BCUT2D eigenvalue weighted by molar-refractivity contribution is -0.310. The summed E-state index contributed by atoms with van der Waals surface area (Å²) in [5.74, 6) is -1.04. The van der Waals surface area contributed by atoms with E-state index < -0.39 is 48.7 Å². The third kappa shape index (κ3) is 5.11. The fourth-order valence-corrected chi connectivity index (χ4v) is 2.49. The second-order valence-corrected chi connectivity index (χ2v) is 5.04. The predicted molar refractivity (Wildman–Crippen MR) is 75.5 cm³/mol. The minimum atomic E-state index is -1.37. The van der Waals surface area contributed by atoms with Gasteiger partial charge in [0.05, 0.1) is 0 Å². The Labute approximate surface area is 134 Å². The van der Waals surface area contributed by atoms with Gasteiger partial charge in [-0.3, -0.25) is 9.59 Å². The number of ether oxygens (including phenoxy) is 6. The molecule has 1 aliphatic rings. The van der Waals surface area contributed by atoms with Crippen LogP contribution in [0, 0.1) is 0 Å². The molecule has 0 aromatic heterocycles. The highest BCUT2D eigenvalue weighted by Gasteiger charge is 2.51. The Bertz CT molecular complexity index is 400. The van der Waals surface area contributed by atoms with Crippen LogP contribution in [0.4, 0.5) is 0 Å². The average Bonchev–Trinajstić information content (AvgIpc) is 2.47. The molecule has 1 rings (SSSR count). The monoisotopic (exact) mass is 336 g/mol. The minimum Gasteiger partial charge on any atom is -0.463 e. The van der Waals surface area contributed by atoms with Crippen molar-refractivity contribution in [3.63, 3.8) is 0 Å². The quantitative estimate of drug-likeness (QED) is 0.600. The summed E-state index contributed by atoms with van der Waals surface area (Å²) in [6.07, 6.45) is -5.55. The third-order valence-electron chi connectivity index (χ3n) is 3.52. The van der Waals surface area contributed by atoms with E-state index in [1.807, 2.05) is 0 Å². The number of aliphatic hydroxyl groups is 1. The zero-order chi connectivity index (χ0) is 17.6. The Morgan fingerprint density at radius 2 is 1.65 bits per heavy atom. The summed E-state index contributed by atoms with van der Waals surface area (Å²) in [5, 5.41) is 10.1. The van der Waals surface area contributed by atoms with E-state index >= 15 is 0 Å². The molecule has 1 aliphatic heterocycles. The summed E-state index contributed by atoms with van der Waals surface area (Å²) in [6.45, 7) is 2.40. The predicted octanol–water partition coefficient (Wildman–Crippen LogP) is -0.757. The van der Waals surface area contributed by atoms with Crippen LogP contribution in [-0.2, 0) is 38.0 Å². The lowest BCUT2D eigenvalue weighted by Crippen LogP contribution is -2.63. The lowest BCUT2D eigenvalue weighted by Gasteiger charge is -2.44. The maximum atomic E-state index is 11.3. The fourth-order valence-electron chi connectivity index (χ4n) is 2.49. The molecule has 9 nitrogen and oxygen atoms in total. The molecule has 0 radical (unpaired) electrons. The van der Waals surface area contributed by atoms with E-state index in [0.29, 0.717) is 0 Å². The number of hydrogen-bond donors (Lipinski definition) is 1. The molecule has 0 unspecified atom stereocenters. The average molecular weight is 336 g/mol. The molecule has 6 atom stereocenters. The van der Waals surface area contributed by atoms with Crippen molar-refractivity contribution in [2.45, 2.75) is 50.7 Å². The Morgan fingerprint density at radius 3 is 2.09 bits per heavy atom. The lowest BCUT2D eigenvalue weighted by atomic mass is 9.94. The normalized spacial score (nSPS) is 32.2. The molecule has 0 aliphatic carbocycles. The first kappa shape index (κ1) is 19.8. The van der Waals surface area contributed by atoms with Crippen LogP contribution in [0.3, 0.4) is 0 Å². The molecule has 0 saturated carbocycles. The molecule has 1 fully saturated rings. The van der Waals surface area contributed by atoms with E-state index in [-0.39, 0.29) is 6.61 Å². The van der Waals surface area contributed by atoms with Crippen LogP contribution in [0.2, 0.25) is 0 Å². The van der Waals surface area contributed by atoms with E-state index in [0.717, 1.165) is 0 Å². The van der Waals surface area contributed by atoms with Crippen molar-refractivity contribution in [3.8, 4) is 0 Å². The van der Waals surface area contributed by atoms with Crippen molar-refractivity contribution in [2.24, 2.45) is 0 Å². The molecule has 0 amide bonds. The summed E-state index contributed by atoms with van der Waals surface area (Å²) in [5.41, 5.74) is 0. The van der Waals surface area contributed by atoms with Gasteiger partial charge < -0.3 is 33.5 Å². The molecule has 0 bridgehead atoms. The summed E-state index contributed by atoms with van der Waals surface area (Å²) >= 11 is 0. The van der Waals surface area contributed by atoms with E-state index in [4.69, 9.17) is 28.4 Å². The minimum absolute atomic E-state index is 0.104. The van der Waals surface area contributed by atoms with Crippen molar-refractivity contribution < 1.29 is 43.1 Å². The van der Waals surface area contributed by atoms with Gasteiger partial charge in [-0.25, -0.2) is 0 Å². The zero-order valence-corrected chi connectivity index (χ0v) is 13.9. The van der Waals surface area contributed by atoms with Gasteiger partial charge in [-0.15, -0.1) is 0 Å². The smallest absolute Gasteiger partial charge is 0.303 e. The van der Waals surface area contributed by atoms with E-state index in [1.165, 1.54) is 35.2 Å². The van der Waals surface area contributed by atoms with Crippen molar-refractivity contribution in [1.82, 2.24) is 0 Å². The van der Waals surface area contributed by atoms with Crippen molar-refractivity contribution in [2.75, 3.05) is 27.9 Å². The van der Waals surface area contributed by atoms with Gasteiger partial charge in [0, 0.05) is 35.2 Å². The molecule has 0 aromatic rings. The first-order chi connectivity index (χ1) is 10.8. The summed E-state index contributed by atoms with van der Waals surface area (Å²) in [7, 11) is 4.16. The van der Waals surface area contributed by atoms with E-state index in [9.17, 15) is 14.7 Å². The zero-order valence-electron chi connectivity index (χ0n) is 13.9. The van der Waals surface area contributed by atoms with Crippen LogP contribution in [-0.4, -0.2) is 81.8 Å². The van der Waals surface area contributed by atoms with Gasteiger partial charge in [0.2, 0.25) is 0 Å². The highest BCUT2D eigenvalue weighted by Crippen LogP contribution is 2.29. The first-order valence-electron chi connectivity index (χ1n) is 7.08. The van der Waals surface area contributed by atoms with E-state index in [2.05, 4.69) is 0 Å². The molecule has 1 heterocycles. The maximum Gasteiger partial charge on any atom is 0.303 e. The highest BCUT2D eigenvalue weighted by atomic mass is 16.7. The standard InChI is InChI=1S/C14H24O9/c1-7(15)21-6-9(18-3)10-11(19-4)12(22-8(2)16)13(20-5)14(17)23-10/h9-14,17H,6H2,1-5H3/t9-,10+,11+,12-,13-,14+/m0/s1. The molecule has 134 valence electrons.